The Morgan fingerprint density at radius 2 is 2.15 bits per heavy atom. The summed E-state index contributed by atoms with van der Waals surface area (Å²) in [5, 5.41) is 16.7. The summed E-state index contributed by atoms with van der Waals surface area (Å²) < 4.78 is 12.4. The normalized spacial score (nSPS) is 14.2. The number of halogens is 1. The molecule has 0 unspecified atom stereocenters. The van der Waals surface area contributed by atoms with Gasteiger partial charge < -0.3 is 10.2 Å². The summed E-state index contributed by atoms with van der Waals surface area (Å²) >= 11 is 0. The van der Waals surface area contributed by atoms with Crippen LogP contribution in [0.15, 0.2) is 11.9 Å². The van der Waals surface area contributed by atoms with Gasteiger partial charge in [-0.25, -0.2) is 4.79 Å². The SMILES string of the molecule is C[C@@H](CCO)CC/C=C(\F)C(=O)O. The number of carbonyl (C=O) groups is 1. The minimum Gasteiger partial charge on any atom is -0.476 e. The van der Waals surface area contributed by atoms with Crippen molar-refractivity contribution in [3.05, 3.63) is 11.9 Å². The van der Waals surface area contributed by atoms with E-state index in [0.717, 1.165) is 6.08 Å². The standard InChI is InChI=1S/C9H15FO3/c1-7(5-6-11)3-2-4-8(10)9(12)13/h4,7,11H,2-3,5-6H2,1H3,(H,12,13)/b8-4-/t7-/m1/s1. The Kier molecular flexibility index (Phi) is 6.14. The lowest BCUT2D eigenvalue weighted by Crippen LogP contribution is -1.98. The minimum atomic E-state index is -1.52. The van der Waals surface area contributed by atoms with Crippen LogP contribution in [0.3, 0.4) is 0 Å². The molecule has 0 fully saturated rings. The molecule has 0 amide bonds. The monoisotopic (exact) mass is 190 g/mol. The van der Waals surface area contributed by atoms with Crippen molar-refractivity contribution in [2.24, 2.45) is 5.92 Å². The van der Waals surface area contributed by atoms with E-state index in [1.54, 1.807) is 0 Å². The van der Waals surface area contributed by atoms with Crippen molar-refractivity contribution in [2.45, 2.75) is 26.2 Å². The molecule has 0 aromatic heterocycles. The molecule has 0 heterocycles. The highest BCUT2D eigenvalue weighted by Gasteiger charge is 2.05. The number of hydrogen-bond donors (Lipinski definition) is 2. The lowest BCUT2D eigenvalue weighted by molar-refractivity contribution is -0.134. The third-order valence-corrected chi connectivity index (χ3v) is 1.81. The summed E-state index contributed by atoms with van der Waals surface area (Å²) in [6.07, 6.45) is 2.83. The summed E-state index contributed by atoms with van der Waals surface area (Å²) in [5.41, 5.74) is 0. The number of hydrogen-bond acceptors (Lipinski definition) is 2. The van der Waals surface area contributed by atoms with Crippen LogP contribution in [-0.4, -0.2) is 22.8 Å². The quantitative estimate of drug-likeness (QED) is 0.627. The van der Waals surface area contributed by atoms with Gasteiger partial charge in [0.1, 0.15) is 0 Å². The molecule has 3 nitrogen and oxygen atoms in total. The third kappa shape index (κ3) is 6.28. The van der Waals surface area contributed by atoms with E-state index in [4.69, 9.17) is 10.2 Å². The van der Waals surface area contributed by atoms with Crippen LogP contribution in [0.25, 0.3) is 0 Å². The molecule has 0 radical (unpaired) electrons. The van der Waals surface area contributed by atoms with Crippen LogP contribution in [-0.2, 0) is 4.79 Å². The second-order valence-corrected chi connectivity index (χ2v) is 3.05. The summed E-state index contributed by atoms with van der Waals surface area (Å²) in [6.45, 7) is 2.05. The Morgan fingerprint density at radius 3 is 2.62 bits per heavy atom. The van der Waals surface area contributed by atoms with Gasteiger partial charge in [0.25, 0.3) is 0 Å². The van der Waals surface area contributed by atoms with Gasteiger partial charge in [0.15, 0.2) is 0 Å². The number of aliphatic hydroxyl groups is 1. The number of carboxylic acid groups (broad SMARTS) is 1. The van der Waals surface area contributed by atoms with Crippen LogP contribution < -0.4 is 0 Å². The molecular formula is C9H15FO3. The zero-order chi connectivity index (χ0) is 10.3. The maximum absolute atomic E-state index is 12.4. The highest BCUT2D eigenvalue weighted by molar-refractivity contribution is 5.83. The molecule has 13 heavy (non-hydrogen) atoms. The van der Waals surface area contributed by atoms with Gasteiger partial charge in [0.2, 0.25) is 5.83 Å². The van der Waals surface area contributed by atoms with Crippen molar-refractivity contribution in [3.8, 4) is 0 Å². The fourth-order valence-electron chi connectivity index (χ4n) is 0.947. The van der Waals surface area contributed by atoms with E-state index in [1.807, 2.05) is 6.92 Å². The lowest BCUT2D eigenvalue weighted by Gasteiger charge is -2.06. The van der Waals surface area contributed by atoms with Crippen molar-refractivity contribution in [2.75, 3.05) is 6.61 Å². The van der Waals surface area contributed by atoms with Crippen LogP contribution in [0, 0.1) is 5.92 Å². The van der Waals surface area contributed by atoms with Gasteiger partial charge in [0, 0.05) is 6.61 Å². The van der Waals surface area contributed by atoms with Crippen LogP contribution >= 0.6 is 0 Å². The van der Waals surface area contributed by atoms with Gasteiger partial charge in [-0.05, 0) is 31.3 Å². The smallest absolute Gasteiger partial charge is 0.364 e. The molecule has 0 saturated heterocycles. The van der Waals surface area contributed by atoms with Crippen molar-refractivity contribution < 1.29 is 19.4 Å². The Balaban J connectivity index is 3.65. The molecule has 76 valence electrons. The molecule has 1 atom stereocenters. The zero-order valence-corrected chi connectivity index (χ0v) is 7.66. The summed E-state index contributed by atoms with van der Waals surface area (Å²) in [7, 11) is 0. The predicted octanol–water partition coefficient (Wildman–Crippen LogP) is 1.72. The number of rotatable bonds is 6. The first kappa shape index (κ1) is 12.1. The predicted molar refractivity (Wildman–Crippen MR) is 46.9 cm³/mol. The van der Waals surface area contributed by atoms with E-state index in [9.17, 15) is 9.18 Å². The van der Waals surface area contributed by atoms with E-state index in [2.05, 4.69) is 0 Å². The second-order valence-electron chi connectivity index (χ2n) is 3.05. The maximum atomic E-state index is 12.4. The minimum absolute atomic E-state index is 0.117. The first-order valence-corrected chi connectivity index (χ1v) is 4.27. The highest BCUT2D eigenvalue weighted by Crippen LogP contribution is 2.11. The fraction of sp³-hybridized carbons (Fsp3) is 0.667. The molecule has 0 bridgehead atoms. The Labute approximate surface area is 76.9 Å². The Hall–Kier alpha value is -0.900. The Bertz CT molecular complexity index is 189. The highest BCUT2D eigenvalue weighted by atomic mass is 19.1. The van der Waals surface area contributed by atoms with Gasteiger partial charge in [0.05, 0.1) is 0 Å². The Morgan fingerprint density at radius 1 is 1.54 bits per heavy atom. The largest absolute Gasteiger partial charge is 0.476 e. The lowest BCUT2D eigenvalue weighted by atomic mass is 10.0. The molecule has 4 heteroatoms. The maximum Gasteiger partial charge on any atom is 0.364 e. The zero-order valence-electron chi connectivity index (χ0n) is 7.66. The van der Waals surface area contributed by atoms with Gasteiger partial charge in [-0.3, -0.25) is 0 Å². The average molecular weight is 190 g/mol. The molecule has 2 N–H and O–H groups in total. The van der Waals surface area contributed by atoms with Crippen LogP contribution in [0.4, 0.5) is 4.39 Å². The fourth-order valence-corrected chi connectivity index (χ4v) is 0.947. The van der Waals surface area contributed by atoms with Crippen molar-refractivity contribution in [1.29, 1.82) is 0 Å². The van der Waals surface area contributed by atoms with Crippen molar-refractivity contribution in [3.63, 3.8) is 0 Å². The molecular weight excluding hydrogens is 175 g/mol. The first-order valence-electron chi connectivity index (χ1n) is 4.27. The topological polar surface area (TPSA) is 57.5 Å². The van der Waals surface area contributed by atoms with Gasteiger partial charge in [-0.1, -0.05) is 6.92 Å². The molecule has 0 aliphatic rings. The van der Waals surface area contributed by atoms with Crippen LogP contribution in [0.2, 0.25) is 0 Å². The van der Waals surface area contributed by atoms with E-state index in [1.165, 1.54) is 0 Å². The van der Waals surface area contributed by atoms with E-state index in [0.29, 0.717) is 25.2 Å². The molecule has 0 aliphatic carbocycles. The summed E-state index contributed by atoms with van der Waals surface area (Å²) in [5.74, 6) is -2.33. The number of aliphatic hydroxyl groups excluding tert-OH is 1. The number of allylic oxidation sites excluding steroid dienone is 1. The van der Waals surface area contributed by atoms with E-state index >= 15 is 0 Å². The molecule has 0 aromatic rings. The molecule has 0 saturated carbocycles. The molecule has 0 rings (SSSR count). The molecule has 0 aromatic carbocycles. The van der Waals surface area contributed by atoms with Crippen LogP contribution in [0.1, 0.15) is 26.2 Å². The van der Waals surface area contributed by atoms with Crippen LogP contribution in [0.5, 0.6) is 0 Å². The van der Waals surface area contributed by atoms with E-state index < -0.39 is 11.8 Å². The summed E-state index contributed by atoms with van der Waals surface area (Å²) in [4.78, 5) is 10.0. The molecule has 0 aliphatic heterocycles. The van der Waals surface area contributed by atoms with Gasteiger partial charge >= 0.3 is 5.97 Å². The second kappa shape index (κ2) is 6.60. The van der Waals surface area contributed by atoms with Gasteiger partial charge in [-0.2, -0.15) is 4.39 Å². The number of carboxylic acids is 1. The van der Waals surface area contributed by atoms with E-state index in [-0.39, 0.29) is 6.61 Å². The molecule has 0 spiro atoms. The summed E-state index contributed by atoms with van der Waals surface area (Å²) in [6, 6.07) is 0. The number of aliphatic carboxylic acids is 1. The van der Waals surface area contributed by atoms with Gasteiger partial charge in [-0.15, -0.1) is 0 Å². The third-order valence-electron chi connectivity index (χ3n) is 1.81. The average Bonchev–Trinajstić information content (AvgIpc) is 2.04. The first-order chi connectivity index (χ1) is 6.07. The van der Waals surface area contributed by atoms with Crippen molar-refractivity contribution in [1.82, 2.24) is 0 Å². The van der Waals surface area contributed by atoms with Crippen molar-refractivity contribution >= 4 is 5.97 Å².